The Morgan fingerprint density at radius 2 is 1.32 bits per heavy atom. The maximum absolute atomic E-state index is 14.5. The summed E-state index contributed by atoms with van der Waals surface area (Å²) in [6.07, 6.45) is 0.260. The molecular formula is C36H41N3O4S. The largest absolute Gasteiger partial charge is 0.350 e. The van der Waals surface area contributed by atoms with Gasteiger partial charge < -0.3 is 10.2 Å². The van der Waals surface area contributed by atoms with Crippen LogP contribution in [-0.4, -0.2) is 43.3 Å². The summed E-state index contributed by atoms with van der Waals surface area (Å²) in [5.41, 5.74) is 3.15. The Labute approximate surface area is 261 Å². The maximum Gasteiger partial charge on any atom is 0.264 e. The van der Waals surface area contributed by atoms with Crippen LogP contribution in [0.5, 0.6) is 0 Å². The van der Waals surface area contributed by atoms with E-state index >= 15 is 0 Å². The Morgan fingerprint density at radius 1 is 0.773 bits per heavy atom. The summed E-state index contributed by atoms with van der Waals surface area (Å²) < 4.78 is 29.5. The Bertz CT molecular complexity index is 1670. The lowest BCUT2D eigenvalue weighted by molar-refractivity contribution is -0.140. The fourth-order valence-electron chi connectivity index (χ4n) is 5.01. The van der Waals surface area contributed by atoms with Crippen LogP contribution in [0.3, 0.4) is 0 Å². The van der Waals surface area contributed by atoms with E-state index in [4.69, 9.17) is 0 Å². The number of hydrogen-bond acceptors (Lipinski definition) is 4. The highest BCUT2D eigenvalue weighted by Gasteiger charge is 2.36. The fraction of sp³-hybridized carbons (Fsp3) is 0.278. The van der Waals surface area contributed by atoms with Gasteiger partial charge in [-0.2, -0.15) is 0 Å². The molecule has 0 spiro atoms. The molecule has 230 valence electrons. The third-order valence-corrected chi connectivity index (χ3v) is 8.98. The summed E-state index contributed by atoms with van der Waals surface area (Å²) in [5, 5.41) is 3.05. The van der Waals surface area contributed by atoms with Gasteiger partial charge in [0.05, 0.1) is 10.6 Å². The van der Waals surface area contributed by atoms with Crippen molar-refractivity contribution < 1.29 is 18.0 Å². The van der Waals surface area contributed by atoms with Gasteiger partial charge in [0.2, 0.25) is 11.8 Å². The van der Waals surface area contributed by atoms with Crippen molar-refractivity contribution in [3.63, 3.8) is 0 Å². The Kier molecular flexibility index (Phi) is 10.3. The van der Waals surface area contributed by atoms with E-state index < -0.39 is 34.1 Å². The topological polar surface area (TPSA) is 86.8 Å². The van der Waals surface area contributed by atoms with Crippen molar-refractivity contribution in [1.82, 2.24) is 10.2 Å². The van der Waals surface area contributed by atoms with Crippen LogP contribution in [0, 0.1) is 13.8 Å². The summed E-state index contributed by atoms with van der Waals surface area (Å²) in [6, 6.07) is 31.7. The van der Waals surface area contributed by atoms with Crippen LogP contribution in [0.25, 0.3) is 0 Å². The molecule has 0 fully saturated rings. The highest BCUT2D eigenvalue weighted by Crippen LogP contribution is 2.29. The first-order chi connectivity index (χ1) is 20.8. The second kappa shape index (κ2) is 13.9. The van der Waals surface area contributed by atoms with Crippen LogP contribution in [0.1, 0.15) is 43.0 Å². The van der Waals surface area contributed by atoms with Crippen molar-refractivity contribution >= 4 is 27.5 Å². The summed E-state index contributed by atoms with van der Waals surface area (Å²) in [7, 11) is -4.14. The zero-order valence-corrected chi connectivity index (χ0v) is 26.8. The van der Waals surface area contributed by atoms with Crippen molar-refractivity contribution in [1.29, 1.82) is 0 Å². The average molecular weight is 612 g/mol. The van der Waals surface area contributed by atoms with E-state index in [0.29, 0.717) is 11.3 Å². The number of hydrogen-bond donors (Lipinski definition) is 1. The monoisotopic (exact) mass is 611 g/mol. The number of aryl methyl sites for hydroxylation is 2. The van der Waals surface area contributed by atoms with Gasteiger partial charge in [-0.3, -0.25) is 13.9 Å². The summed E-state index contributed by atoms with van der Waals surface area (Å²) >= 11 is 0. The Balaban J connectivity index is 1.83. The van der Waals surface area contributed by atoms with E-state index in [-0.39, 0.29) is 23.8 Å². The standard InChI is InChI=1S/C36H41N3O4S/c1-27-21-22-28(2)32(23-27)39(44(42,43)31-19-13-8-14-20-31)26-34(40)38(25-30-17-11-7-12-18-30)33(35(41)37-36(3,4)5)24-29-15-9-6-10-16-29/h6-23,33H,24-26H2,1-5H3,(H,37,41). The summed E-state index contributed by atoms with van der Waals surface area (Å²) in [4.78, 5) is 30.1. The number of nitrogens with one attached hydrogen (secondary N) is 1. The van der Waals surface area contributed by atoms with E-state index in [9.17, 15) is 18.0 Å². The summed E-state index contributed by atoms with van der Waals surface area (Å²) in [6.45, 7) is 9.02. The third kappa shape index (κ3) is 8.35. The fourth-order valence-corrected chi connectivity index (χ4v) is 6.50. The molecule has 1 unspecified atom stereocenters. The number of nitrogens with zero attached hydrogens (tertiary/aromatic N) is 2. The van der Waals surface area contributed by atoms with E-state index in [1.165, 1.54) is 21.3 Å². The van der Waals surface area contributed by atoms with Crippen LogP contribution < -0.4 is 9.62 Å². The van der Waals surface area contributed by atoms with Crippen molar-refractivity contribution in [2.24, 2.45) is 0 Å². The van der Waals surface area contributed by atoms with Gasteiger partial charge in [-0.05, 0) is 75.1 Å². The van der Waals surface area contributed by atoms with E-state index in [0.717, 1.165) is 16.7 Å². The lowest BCUT2D eigenvalue weighted by atomic mass is 10.0. The SMILES string of the molecule is Cc1ccc(C)c(N(CC(=O)N(Cc2ccccc2)C(Cc2ccccc2)C(=O)NC(C)(C)C)S(=O)(=O)c2ccccc2)c1. The molecule has 0 radical (unpaired) electrons. The number of amides is 2. The van der Waals surface area contributed by atoms with Crippen molar-refractivity contribution in [2.45, 2.75) is 64.1 Å². The van der Waals surface area contributed by atoms with Gasteiger partial charge in [0.25, 0.3) is 10.0 Å². The second-order valence-electron chi connectivity index (χ2n) is 12.1. The molecule has 8 heteroatoms. The van der Waals surface area contributed by atoms with Crippen LogP contribution in [0.4, 0.5) is 5.69 Å². The smallest absolute Gasteiger partial charge is 0.264 e. The van der Waals surface area contributed by atoms with E-state index in [2.05, 4.69) is 5.32 Å². The number of rotatable bonds is 11. The van der Waals surface area contributed by atoms with Crippen molar-refractivity contribution in [3.05, 3.63) is 131 Å². The molecule has 4 aromatic rings. The first kappa shape index (κ1) is 32.5. The number of carbonyl (C=O) groups excluding carboxylic acids is 2. The predicted molar refractivity (Wildman–Crippen MR) is 176 cm³/mol. The zero-order chi connectivity index (χ0) is 31.9. The van der Waals surface area contributed by atoms with E-state index in [1.807, 2.05) is 107 Å². The highest BCUT2D eigenvalue weighted by atomic mass is 32.2. The molecule has 44 heavy (non-hydrogen) atoms. The molecule has 4 aromatic carbocycles. The van der Waals surface area contributed by atoms with Crippen LogP contribution >= 0.6 is 0 Å². The first-order valence-corrected chi connectivity index (χ1v) is 16.1. The normalized spacial score (nSPS) is 12.3. The molecule has 0 bridgehead atoms. The zero-order valence-electron chi connectivity index (χ0n) is 26.0. The molecule has 0 saturated carbocycles. The number of sulfonamides is 1. The van der Waals surface area contributed by atoms with Crippen LogP contribution in [0.2, 0.25) is 0 Å². The van der Waals surface area contributed by atoms with Gasteiger partial charge in [-0.25, -0.2) is 8.42 Å². The predicted octanol–water partition coefficient (Wildman–Crippen LogP) is 6.05. The number of benzene rings is 4. The molecule has 1 N–H and O–H groups in total. The quantitative estimate of drug-likeness (QED) is 0.224. The van der Waals surface area contributed by atoms with Gasteiger partial charge in [0, 0.05) is 18.5 Å². The average Bonchev–Trinajstić information content (AvgIpc) is 2.99. The third-order valence-electron chi connectivity index (χ3n) is 7.21. The van der Waals surface area contributed by atoms with Gasteiger partial charge in [0.15, 0.2) is 0 Å². The molecule has 2 amide bonds. The molecule has 0 saturated heterocycles. The van der Waals surface area contributed by atoms with Gasteiger partial charge in [0.1, 0.15) is 12.6 Å². The molecule has 0 aliphatic rings. The van der Waals surface area contributed by atoms with Crippen molar-refractivity contribution in [2.75, 3.05) is 10.8 Å². The highest BCUT2D eigenvalue weighted by molar-refractivity contribution is 7.92. The van der Waals surface area contributed by atoms with Gasteiger partial charge in [-0.15, -0.1) is 0 Å². The summed E-state index contributed by atoms with van der Waals surface area (Å²) in [5.74, 6) is -0.797. The van der Waals surface area contributed by atoms with E-state index in [1.54, 1.807) is 24.3 Å². The molecule has 0 aliphatic carbocycles. The Morgan fingerprint density at radius 3 is 1.89 bits per heavy atom. The van der Waals surface area contributed by atoms with Crippen LogP contribution in [0.15, 0.2) is 114 Å². The minimum Gasteiger partial charge on any atom is -0.350 e. The minimum atomic E-state index is -4.14. The second-order valence-corrected chi connectivity index (χ2v) is 13.9. The molecule has 0 aliphatic heterocycles. The lowest BCUT2D eigenvalue weighted by Gasteiger charge is -2.35. The molecule has 0 aromatic heterocycles. The molecule has 1 atom stereocenters. The van der Waals surface area contributed by atoms with Gasteiger partial charge >= 0.3 is 0 Å². The molecular weight excluding hydrogens is 570 g/mol. The van der Waals surface area contributed by atoms with Gasteiger partial charge in [-0.1, -0.05) is 91.0 Å². The number of carbonyl (C=O) groups is 2. The van der Waals surface area contributed by atoms with Crippen LogP contribution in [-0.2, 0) is 32.6 Å². The lowest BCUT2D eigenvalue weighted by Crippen LogP contribution is -2.56. The molecule has 4 rings (SSSR count). The maximum atomic E-state index is 14.5. The first-order valence-electron chi connectivity index (χ1n) is 14.7. The van der Waals surface area contributed by atoms with Crippen molar-refractivity contribution in [3.8, 4) is 0 Å². The molecule has 7 nitrogen and oxygen atoms in total. The number of anilines is 1. The molecule has 0 heterocycles. The minimum absolute atomic E-state index is 0.0784. The Hall–Kier alpha value is -4.43.